The second-order valence-electron chi connectivity index (χ2n) is 4.50. The molecule has 0 aromatic carbocycles. The quantitative estimate of drug-likeness (QED) is 0.809. The number of hydrogen-bond acceptors (Lipinski definition) is 4. The number of nitrogen functional groups attached to an aromatic ring is 1. The number of anilines is 1. The lowest BCUT2D eigenvalue weighted by atomic mass is 10.2. The summed E-state index contributed by atoms with van der Waals surface area (Å²) in [6.07, 6.45) is 8.21. The molecule has 3 N–H and O–H groups in total. The molecule has 2 rings (SSSR count). The average molecular weight is 286 g/mol. The van der Waals surface area contributed by atoms with Gasteiger partial charge in [0.25, 0.3) is 5.91 Å². The zero-order chi connectivity index (χ0) is 12.8. The van der Waals surface area contributed by atoms with Gasteiger partial charge in [0, 0.05) is 24.6 Å². The Morgan fingerprint density at radius 1 is 1.47 bits per heavy atom. The summed E-state index contributed by atoms with van der Waals surface area (Å²) in [6.45, 7) is 1.06. The van der Waals surface area contributed by atoms with Crippen molar-refractivity contribution in [2.24, 2.45) is 0 Å². The Morgan fingerprint density at radius 2 is 2.21 bits per heavy atom. The van der Waals surface area contributed by atoms with Gasteiger partial charge >= 0.3 is 0 Å². The Hall–Kier alpha value is -1.33. The predicted octanol–water partition coefficient (Wildman–Crippen LogP) is 1.77. The highest BCUT2D eigenvalue weighted by Gasteiger charge is 2.15. The third kappa shape index (κ3) is 4.69. The molecule has 1 aromatic heterocycles. The number of carbonyl (C=O) groups excluding carboxylic acids is 1. The van der Waals surface area contributed by atoms with Gasteiger partial charge in [0.1, 0.15) is 0 Å². The first kappa shape index (κ1) is 15.7. The van der Waals surface area contributed by atoms with Crippen LogP contribution in [0.3, 0.4) is 0 Å². The van der Waals surface area contributed by atoms with Crippen LogP contribution in [-0.4, -0.2) is 30.1 Å². The van der Waals surface area contributed by atoms with Gasteiger partial charge in [-0.05, 0) is 18.9 Å². The minimum Gasteiger partial charge on any atom is -0.398 e. The molecule has 106 valence electrons. The summed E-state index contributed by atoms with van der Waals surface area (Å²) in [5.74, 6) is -0.198. The molecular weight excluding hydrogens is 266 g/mol. The van der Waals surface area contributed by atoms with Crippen molar-refractivity contribution in [1.82, 2.24) is 10.3 Å². The van der Waals surface area contributed by atoms with Crippen LogP contribution in [0.2, 0.25) is 0 Å². The fourth-order valence-electron chi connectivity index (χ4n) is 2.14. The van der Waals surface area contributed by atoms with Gasteiger partial charge in [-0.15, -0.1) is 12.4 Å². The molecule has 5 nitrogen and oxygen atoms in total. The molecule has 1 aliphatic rings. The third-order valence-corrected chi connectivity index (χ3v) is 3.14. The number of carbonyl (C=O) groups is 1. The molecule has 0 unspecified atom stereocenters. The second-order valence-corrected chi connectivity index (χ2v) is 4.50. The lowest BCUT2D eigenvalue weighted by Gasteiger charge is -2.11. The number of nitrogens with one attached hydrogen (secondary N) is 1. The largest absolute Gasteiger partial charge is 0.398 e. The van der Waals surface area contributed by atoms with Gasteiger partial charge in [0.15, 0.2) is 0 Å². The van der Waals surface area contributed by atoms with Crippen LogP contribution in [0.5, 0.6) is 0 Å². The molecule has 0 saturated heterocycles. The molecular formula is C13H20ClN3O2. The predicted molar refractivity (Wildman–Crippen MR) is 76.4 cm³/mol. The van der Waals surface area contributed by atoms with E-state index >= 15 is 0 Å². The Kier molecular flexibility index (Phi) is 6.59. The van der Waals surface area contributed by atoms with E-state index < -0.39 is 0 Å². The molecule has 0 aliphatic heterocycles. The van der Waals surface area contributed by atoms with Crippen LogP contribution in [0.4, 0.5) is 5.69 Å². The summed E-state index contributed by atoms with van der Waals surface area (Å²) in [4.78, 5) is 15.7. The molecule has 1 aliphatic carbocycles. The number of ether oxygens (including phenoxy) is 1. The smallest absolute Gasteiger partial charge is 0.255 e. The van der Waals surface area contributed by atoms with E-state index in [-0.39, 0.29) is 18.3 Å². The molecule has 6 heteroatoms. The normalized spacial score (nSPS) is 14.9. The molecule has 0 spiro atoms. The Morgan fingerprint density at radius 3 is 2.89 bits per heavy atom. The number of nitrogens with zero attached hydrogens (tertiary/aromatic N) is 1. The van der Waals surface area contributed by atoms with Gasteiger partial charge in [-0.3, -0.25) is 9.78 Å². The van der Waals surface area contributed by atoms with Gasteiger partial charge in [0.2, 0.25) is 0 Å². The first-order valence-corrected chi connectivity index (χ1v) is 6.36. The highest BCUT2D eigenvalue weighted by atomic mass is 35.5. The molecule has 1 heterocycles. The molecule has 1 fully saturated rings. The standard InChI is InChI=1S/C13H19N3O2.ClH/c14-12-5-6-15-9-11(12)13(17)16-7-8-18-10-3-1-2-4-10;/h5-6,9-10H,1-4,7-8H2,(H2,14,15)(H,16,17);1H. The van der Waals surface area contributed by atoms with E-state index in [1.54, 1.807) is 12.3 Å². The molecule has 0 radical (unpaired) electrons. The van der Waals surface area contributed by atoms with Gasteiger partial charge in [-0.1, -0.05) is 12.8 Å². The number of rotatable bonds is 5. The van der Waals surface area contributed by atoms with Crippen molar-refractivity contribution in [3.63, 3.8) is 0 Å². The number of amides is 1. The molecule has 0 bridgehead atoms. The minimum atomic E-state index is -0.198. The molecule has 0 atom stereocenters. The van der Waals surface area contributed by atoms with E-state index in [1.165, 1.54) is 19.0 Å². The van der Waals surface area contributed by atoms with Crippen molar-refractivity contribution in [2.75, 3.05) is 18.9 Å². The van der Waals surface area contributed by atoms with Crippen LogP contribution in [0.1, 0.15) is 36.0 Å². The number of hydrogen-bond donors (Lipinski definition) is 2. The molecule has 1 aromatic rings. The lowest BCUT2D eigenvalue weighted by molar-refractivity contribution is 0.0582. The van der Waals surface area contributed by atoms with E-state index in [9.17, 15) is 4.79 Å². The van der Waals surface area contributed by atoms with E-state index in [0.29, 0.717) is 30.5 Å². The van der Waals surface area contributed by atoms with Crippen LogP contribution < -0.4 is 11.1 Å². The maximum absolute atomic E-state index is 11.8. The van der Waals surface area contributed by atoms with E-state index in [0.717, 1.165) is 12.8 Å². The highest BCUT2D eigenvalue weighted by Crippen LogP contribution is 2.20. The highest BCUT2D eigenvalue weighted by molar-refractivity contribution is 5.98. The van der Waals surface area contributed by atoms with Crippen LogP contribution >= 0.6 is 12.4 Å². The van der Waals surface area contributed by atoms with Crippen LogP contribution in [-0.2, 0) is 4.74 Å². The maximum atomic E-state index is 11.8. The number of aromatic nitrogens is 1. The van der Waals surface area contributed by atoms with E-state index in [4.69, 9.17) is 10.5 Å². The van der Waals surface area contributed by atoms with E-state index in [1.807, 2.05) is 0 Å². The maximum Gasteiger partial charge on any atom is 0.255 e. The van der Waals surface area contributed by atoms with Crippen molar-refractivity contribution in [2.45, 2.75) is 31.8 Å². The van der Waals surface area contributed by atoms with Crippen molar-refractivity contribution < 1.29 is 9.53 Å². The summed E-state index contributed by atoms with van der Waals surface area (Å²) in [7, 11) is 0. The van der Waals surface area contributed by atoms with Crippen molar-refractivity contribution in [3.05, 3.63) is 24.0 Å². The summed E-state index contributed by atoms with van der Waals surface area (Å²) in [5.41, 5.74) is 6.55. The van der Waals surface area contributed by atoms with Crippen molar-refractivity contribution in [3.8, 4) is 0 Å². The number of nitrogens with two attached hydrogens (primary N) is 1. The number of pyridine rings is 1. The van der Waals surface area contributed by atoms with Crippen LogP contribution in [0.25, 0.3) is 0 Å². The fraction of sp³-hybridized carbons (Fsp3) is 0.538. The summed E-state index contributed by atoms with van der Waals surface area (Å²) in [6, 6.07) is 1.62. The molecule has 1 saturated carbocycles. The summed E-state index contributed by atoms with van der Waals surface area (Å²) in [5, 5.41) is 2.78. The minimum absolute atomic E-state index is 0. The van der Waals surface area contributed by atoms with Gasteiger partial charge in [-0.2, -0.15) is 0 Å². The summed E-state index contributed by atoms with van der Waals surface area (Å²) >= 11 is 0. The SMILES string of the molecule is Cl.Nc1ccncc1C(=O)NCCOC1CCCC1. The third-order valence-electron chi connectivity index (χ3n) is 3.14. The van der Waals surface area contributed by atoms with E-state index in [2.05, 4.69) is 10.3 Å². The van der Waals surface area contributed by atoms with Crippen molar-refractivity contribution >= 4 is 24.0 Å². The Labute approximate surface area is 119 Å². The van der Waals surface area contributed by atoms with Gasteiger partial charge in [0.05, 0.1) is 18.3 Å². The van der Waals surface area contributed by atoms with Gasteiger partial charge in [-0.25, -0.2) is 0 Å². The Balaban J connectivity index is 0.00000180. The van der Waals surface area contributed by atoms with Crippen LogP contribution in [0.15, 0.2) is 18.5 Å². The monoisotopic (exact) mass is 285 g/mol. The molecule has 19 heavy (non-hydrogen) atoms. The first-order chi connectivity index (χ1) is 8.77. The summed E-state index contributed by atoms with van der Waals surface area (Å²) < 4.78 is 5.66. The Bertz CT molecular complexity index is 409. The van der Waals surface area contributed by atoms with Crippen molar-refractivity contribution in [1.29, 1.82) is 0 Å². The average Bonchev–Trinajstić information content (AvgIpc) is 2.88. The zero-order valence-electron chi connectivity index (χ0n) is 10.8. The fourth-order valence-corrected chi connectivity index (χ4v) is 2.14. The second kappa shape index (κ2) is 7.96. The van der Waals surface area contributed by atoms with Crippen LogP contribution in [0, 0.1) is 0 Å². The number of halogens is 1. The van der Waals surface area contributed by atoms with Gasteiger partial charge < -0.3 is 15.8 Å². The lowest BCUT2D eigenvalue weighted by Crippen LogP contribution is -2.29. The zero-order valence-corrected chi connectivity index (χ0v) is 11.6. The molecule has 1 amide bonds. The topological polar surface area (TPSA) is 77.2 Å². The first-order valence-electron chi connectivity index (χ1n) is 6.36.